The molecular weight excluding hydrogens is 280 g/mol. The quantitative estimate of drug-likeness (QED) is 0.915. The number of hydrogen-bond acceptors (Lipinski definition) is 6. The molecule has 3 unspecified atom stereocenters. The van der Waals surface area contributed by atoms with Gasteiger partial charge in [0.25, 0.3) is 0 Å². The molecular formula is C13H18N2O4S. The van der Waals surface area contributed by atoms with Gasteiger partial charge in [0.05, 0.1) is 18.4 Å². The van der Waals surface area contributed by atoms with E-state index in [1.165, 1.54) is 0 Å². The van der Waals surface area contributed by atoms with Crippen molar-refractivity contribution in [1.82, 2.24) is 10.1 Å². The molecule has 0 radical (unpaired) electrons. The Labute approximate surface area is 121 Å². The largest absolute Gasteiger partial charge is 0.481 e. The Kier molecular flexibility index (Phi) is 4.26. The van der Waals surface area contributed by atoms with Crippen LogP contribution in [-0.2, 0) is 9.53 Å². The van der Waals surface area contributed by atoms with E-state index in [2.05, 4.69) is 10.1 Å². The summed E-state index contributed by atoms with van der Waals surface area (Å²) in [5.41, 5.74) is 0. The normalized spacial score (nSPS) is 31.1. The van der Waals surface area contributed by atoms with Crippen LogP contribution in [0.5, 0.6) is 0 Å². The lowest BCUT2D eigenvalue weighted by atomic mass is 9.79. The summed E-state index contributed by atoms with van der Waals surface area (Å²) in [6.07, 6.45) is 3.34. The lowest BCUT2D eigenvalue weighted by Crippen LogP contribution is -2.25. The molecule has 20 heavy (non-hydrogen) atoms. The Bertz CT molecular complexity index is 473. The number of thioether (sulfide) groups is 1. The van der Waals surface area contributed by atoms with Gasteiger partial charge in [-0.3, -0.25) is 4.79 Å². The average molecular weight is 298 g/mol. The van der Waals surface area contributed by atoms with Gasteiger partial charge < -0.3 is 14.4 Å². The average Bonchev–Trinajstić information content (AvgIpc) is 2.98. The van der Waals surface area contributed by atoms with Crippen LogP contribution >= 0.6 is 11.8 Å². The number of aromatic nitrogens is 2. The van der Waals surface area contributed by atoms with Crippen LogP contribution in [0.3, 0.4) is 0 Å². The van der Waals surface area contributed by atoms with Gasteiger partial charge in [-0.2, -0.15) is 16.7 Å². The number of rotatable bonds is 3. The molecule has 1 aromatic heterocycles. The van der Waals surface area contributed by atoms with Crippen molar-refractivity contribution in [3.05, 3.63) is 11.7 Å². The van der Waals surface area contributed by atoms with Crippen molar-refractivity contribution in [3.63, 3.8) is 0 Å². The van der Waals surface area contributed by atoms with E-state index in [1.54, 1.807) is 0 Å². The lowest BCUT2D eigenvalue weighted by molar-refractivity contribution is -0.143. The first-order chi connectivity index (χ1) is 9.75. The molecule has 1 saturated carbocycles. The summed E-state index contributed by atoms with van der Waals surface area (Å²) in [4.78, 5) is 15.7. The molecule has 0 aromatic carbocycles. The molecule has 1 saturated heterocycles. The number of aliphatic carboxylic acids is 1. The molecule has 2 fully saturated rings. The second kappa shape index (κ2) is 6.13. The summed E-state index contributed by atoms with van der Waals surface area (Å²) in [6.45, 7) is 0.695. The highest BCUT2D eigenvalue weighted by atomic mass is 32.2. The van der Waals surface area contributed by atoms with Crippen molar-refractivity contribution in [2.24, 2.45) is 5.92 Å². The maximum absolute atomic E-state index is 11.3. The van der Waals surface area contributed by atoms with Gasteiger partial charge in [-0.15, -0.1) is 0 Å². The van der Waals surface area contributed by atoms with Crippen molar-refractivity contribution >= 4 is 17.7 Å². The van der Waals surface area contributed by atoms with Crippen LogP contribution in [0, 0.1) is 5.92 Å². The van der Waals surface area contributed by atoms with Crippen LogP contribution in [0.25, 0.3) is 0 Å². The fourth-order valence-electron chi connectivity index (χ4n) is 2.89. The smallest absolute Gasteiger partial charge is 0.307 e. The van der Waals surface area contributed by atoms with Gasteiger partial charge in [-0.1, -0.05) is 18.0 Å². The summed E-state index contributed by atoms with van der Waals surface area (Å²) in [5, 5.41) is 13.3. The first-order valence-electron chi connectivity index (χ1n) is 7.01. The highest BCUT2D eigenvalue weighted by Crippen LogP contribution is 2.37. The van der Waals surface area contributed by atoms with Gasteiger partial charge in [0.2, 0.25) is 11.7 Å². The summed E-state index contributed by atoms with van der Waals surface area (Å²) < 4.78 is 10.9. The zero-order valence-corrected chi connectivity index (χ0v) is 12.0. The third kappa shape index (κ3) is 2.83. The maximum Gasteiger partial charge on any atom is 0.307 e. The second-order valence-corrected chi connectivity index (χ2v) is 6.41. The monoisotopic (exact) mass is 298 g/mol. The second-order valence-electron chi connectivity index (χ2n) is 5.26. The van der Waals surface area contributed by atoms with Crippen LogP contribution in [0.15, 0.2) is 4.52 Å². The van der Waals surface area contributed by atoms with Crippen molar-refractivity contribution < 1.29 is 19.2 Å². The number of carboxylic acids is 1. The van der Waals surface area contributed by atoms with E-state index in [0.717, 1.165) is 30.8 Å². The lowest BCUT2D eigenvalue weighted by Gasteiger charge is -2.25. The Morgan fingerprint density at radius 2 is 2.20 bits per heavy atom. The van der Waals surface area contributed by atoms with Gasteiger partial charge in [-0.05, 0) is 12.8 Å². The van der Waals surface area contributed by atoms with Gasteiger partial charge >= 0.3 is 5.97 Å². The zero-order chi connectivity index (χ0) is 13.9. The van der Waals surface area contributed by atoms with Crippen LogP contribution in [0.4, 0.5) is 0 Å². The van der Waals surface area contributed by atoms with Crippen molar-refractivity contribution in [2.75, 3.05) is 18.1 Å². The van der Waals surface area contributed by atoms with E-state index >= 15 is 0 Å². The standard InChI is InChI=1S/C13H18N2O4S/c16-13(17)9-4-2-1-3-8(9)12-14-11(15-19-12)10-7-20-6-5-18-10/h8-10H,1-7H2,(H,16,17). The molecule has 3 atom stereocenters. The highest BCUT2D eigenvalue weighted by molar-refractivity contribution is 7.99. The molecule has 7 heteroatoms. The molecule has 110 valence electrons. The van der Waals surface area contributed by atoms with Gasteiger partial charge in [0.1, 0.15) is 6.10 Å². The molecule has 0 bridgehead atoms. The predicted octanol–water partition coefficient (Wildman–Crippen LogP) is 2.23. The number of hydrogen-bond donors (Lipinski definition) is 1. The van der Waals surface area contributed by atoms with Crippen LogP contribution in [0.2, 0.25) is 0 Å². The van der Waals surface area contributed by atoms with E-state index in [4.69, 9.17) is 9.26 Å². The Morgan fingerprint density at radius 3 is 2.95 bits per heavy atom. The predicted molar refractivity (Wildman–Crippen MR) is 72.7 cm³/mol. The van der Waals surface area contributed by atoms with Crippen molar-refractivity contribution in [3.8, 4) is 0 Å². The van der Waals surface area contributed by atoms with E-state index in [9.17, 15) is 9.90 Å². The Balaban J connectivity index is 1.76. The van der Waals surface area contributed by atoms with Crippen molar-refractivity contribution in [2.45, 2.75) is 37.7 Å². The number of carbonyl (C=O) groups is 1. The molecule has 1 aliphatic heterocycles. The summed E-state index contributed by atoms with van der Waals surface area (Å²) in [5.74, 6) is 1.52. The molecule has 3 rings (SSSR count). The van der Waals surface area contributed by atoms with E-state index in [-0.39, 0.29) is 12.0 Å². The molecule has 1 N–H and O–H groups in total. The van der Waals surface area contributed by atoms with E-state index < -0.39 is 11.9 Å². The Hall–Kier alpha value is -1.08. The third-order valence-electron chi connectivity index (χ3n) is 3.96. The fourth-order valence-corrected chi connectivity index (χ4v) is 3.73. The molecule has 6 nitrogen and oxygen atoms in total. The van der Waals surface area contributed by atoms with E-state index in [0.29, 0.717) is 24.7 Å². The summed E-state index contributed by atoms with van der Waals surface area (Å²) >= 11 is 1.81. The molecule has 0 amide bonds. The van der Waals surface area contributed by atoms with Crippen molar-refractivity contribution in [1.29, 1.82) is 0 Å². The number of nitrogens with zero attached hydrogens (tertiary/aromatic N) is 2. The topological polar surface area (TPSA) is 85.5 Å². The molecule has 2 aliphatic rings. The maximum atomic E-state index is 11.3. The van der Waals surface area contributed by atoms with Gasteiger partial charge in [-0.25, -0.2) is 0 Å². The number of ether oxygens (including phenoxy) is 1. The summed E-state index contributed by atoms with van der Waals surface area (Å²) in [6, 6.07) is 0. The zero-order valence-electron chi connectivity index (χ0n) is 11.2. The first kappa shape index (κ1) is 13.9. The molecule has 0 spiro atoms. The highest BCUT2D eigenvalue weighted by Gasteiger charge is 2.36. The minimum atomic E-state index is -0.765. The molecule has 1 aliphatic carbocycles. The van der Waals surface area contributed by atoms with Crippen LogP contribution in [0.1, 0.15) is 49.4 Å². The molecule has 2 heterocycles. The van der Waals surface area contributed by atoms with Crippen LogP contribution in [-0.4, -0.2) is 39.3 Å². The van der Waals surface area contributed by atoms with Crippen LogP contribution < -0.4 is 0 Å². The number of carboxylic acid groups (broad SMARTS) is 1. The minimum Gasteiger partial charge on any atom is -0.481 e. The summed E-state index contributed by atoms with van der Waals surface area (Å²) in [7, 11) is 0. The van der Waals surface area contributed by atoms with E-state index in [1.807, 2.05) is 11.8 Å². The third-order valence-corrected chi connectivity index (χ3v) is 4.96. The van der Waals surface area contributed by atoms with Gasteiger partial charge in [0.15, 0.2) is 0 Å². The molecule has 1 aromatic rings. The fraction of sp³-hybridized carbons (Fsp3) is 0.769. The SMILES string of the molecule is O=C(O)C1CCCCC1c1nc(C2CSCCO2)no1. The minimum absolute atomic E-state index is 0.127. The van der Waals surface area contributed by atoms with Gasteiger partial charge in [0, 0.05) is 11.5 Å². The Morgan fingerprint density at radius 1 is 1.35 bits per heavy atom. The first-order valence-corrected chi connectivity index (χ1v) is 8.17.